The Labute approximate surface area is 178 Å². The van der Waals surface area contributed by atoms with Gasteiger partial charge in [0.1, 0.15) is 6.61 Å². The van der Waals surface area contributed by atoms with Crippen molar-refractivity contribution >= 4 is 13.2 Å². The van der Waals surface area contributed by atoms with Gasteiger partial charge in [0.25, 0.3) is 0 Å². The summed E-state index contributed by atoms with van der Waals surface area (Å²) in [6.45, 7) is 9.76. The Morgan fingerprint density at radius 1 is 0.967 bits per heavy atom. The Kier molecular flexibility index (Phi) is 4.49. The molecule has 1 aliphatic carbocycles. The molecule has 2 aromatic rings. The number of hydrogen-bond acceptors (Lipinski definition) is 4. The summed E-state index contributed by atoms with van der Waals surface area (Å²) in [6, 6.07) is 16.7. The molecule has 5 rings (SSSR count). The Morgan fingerprint density at radius 2 is 1.47 bits per heavy atom. The lowest BCUT2D eigenvalue weighted by Crippen LogP contribution is -2.53. The summed E-state index contributed by atoms with van der Waals surface area (Å²) < 4.78 is 18.0. The van der Waals surface area contributed by atoms with E-state index in [9.17, 15) is 4.79 Å². The molecule has 156 valence electrons. The SMILES string of the molecule is CC1(C)OB(C2CN(C(=O)OCC3c4ccccc4-c4ccccc43)C2)OC1(C)C. The van der Waals surface area contributed by atoms with Crippen LogP contribution >= 0.6 is 0 Å². The number of amides is 1. The molecule has 2 aliphatic heterocycles. The smallest absolute Gasteiger partial charge is 0.448 e. The lowest BCUT2D eigenvalue weighted by atomic mass is 9.67. The summed E-state index contributed by atoms with van der Waals surface area (Å²) in [7, 11) is -0.271. The van der Waals surface area contributed by atoms with E-state index in [4.69, 9.17) is 14.0 Å². The number of ether oxygens (including phenoxy) is 1. The lowest BCUT2D eigenvalue weighted by molar-refractivity contribution is 0.00578. The van der Waals surface area contributed by atoms with Crippen LogP contribution in [0.5, 0.6) is 0 Å². The molecule has 0 bridgehead atoms. The van der Waals surface area contributed by atoms with Crippen LogP contribution in [0.1, 0.15) is 44.7 Å². The van der Waals surface area contributed by atoms with Crippen molar-refractivity contribution in [2.45, 2.75) is 50.6 Å². The predicted octanol–water partition coefficient (Wildman–Crippen LogP) is 4.71. The molecule has 2 saturated heterocycles. The number of hydrogen-bond donors (Lipinski definition) is 0. The first kappa shape index (κ1) is 19.6. The highest BCUT2D eigenvalue weighted by Gasteiger charge is 2.56. The summed E-state index contributed by atoms with van der Waals surface area (Å²) in [4.78, 5) is 14.4. The molecule has 3 aliphatic rings. The fourth-order valence-corrected chi connectivity index (χ4v) is 4.60. The Morgan fingerprint density at radius 3 is 2.00 bits per heavy atom. The Hall–Kier alpha value is -2.31. The first-order valence-electron chi connectivity index (χ1n) is 10.7. The maximum atomic E-state index is 12.6. The molecule has 2 fully saturated rings. The summed E-state index contributed by atoms with van der Waals surface area (Å²) in [5.74, 6) is 0.271. The molecule has 0 unspecified atom stereocenters. The van der Waals surface area contributed by atoms with Gasteiger partial charge in [-0.05, 0) is 49.9 Å². The number of likely N-dealkylation sites (tertiary alicyclic amines) is 1. The molecule has 6 heteroatoms. The quantitative estimate of drug-likeness (QED) is 0.694. The second-order valence-corrected chi connectivity index (χ2v) is 9.59. The molecule has 0 atom stereocenters. The number of benzene rings is 2. The standard InChI is InChI=1S/C24H28BNO4/c1-23(2)24(3,4)30-25(29-23)16-13-26(14-16)22(27)28-15-21-19-11-7-5-9-17(19)18-10-6-8-12-20(18)21/h5-12,16,21H,13-15H2,1-4H3. The summed E-state index contributed by atoms with van der Waals surface area (Å²) in [5.41, 5.74) is 4.23. The Balaban J connectivity index is 1.20. The third kappa shape index (κ3) is 3.05. The van der Waals surface area contributed by atoms with E-state index in [1.807, 2.05) is 12.1 Å². The molecule has 0 radical (unpaired) electrons. The Bertz CT molecular complexity index is 921. The van der Waals surface area contributed by atoms with Gasteiger partial charge >= 0.3 is 13.2 Å². The normalized spacial score (nSPS) is 21.9. The highest BCUT2D eigenvalue weighted by molar-refractivity contribution is 6.48. The summed E-state index contributed by atoms with van der Waals surface area (Å²) in [5, 5.41) is 0. The van der Waals surface area contributed by atoms with Gasteiger partial charge in [0.2, 0.25) is 0 Å². The average Bonchev–Trinajstić information content (AvgIpc) is 3.09. The van der Waals surface area contributed by atoms with Crippen molar-refractivity contribution in [3.05, 3.63) is 59.7 Å². The molecule has 0 spiro atoms. The van der Waals surface area contributed by atoms with E-state index in [2.05, 4.69) is 64.1 Å². The molecule has 1 amide bonds. The van der Waals surface area contributed by atoms with Crippen LogP contribution in [0.25, 0.3) is 11.1 Å². The summed E-state index contributed by atoms with van der Waals surface area (Å²) in [6.07, 6.45) is -0.260. The summed E-state index contributed by atoms with van der Waals surface area (Å²) >= 11 is 0. The van der Waals surface area contributed by atoms with E-state index in [1.54, 1.807) is 4.90 Å². The van der Waals surface area contributed by atoms with Gasteiger partial charge in [0, 0.05) is 24.8 Å². The van der Waals surface area contributed by atoms with E-state index in [1.165, 1.54) is 22.3 Å². The third-order valence-corrected chi connectivity index (χ3v) is 7.16. The van der Waals surface area contributed by atoms with E-state index >= 15 is 0 Å². The minimum Gasteiger partial charge on any atom is -0.448 e. The topological polar surface area (TPSA) is 48.0 Å². The van der Waals surface area contributed by atoms with Gasteiger partial charge in [-0.1, -0.05) is 48.5 Å². The molecule has 0 N–H and O–H groups in total. The zero-order valence-electron chi connectivity index (χ0n) is 18.1. The van der Waals surface area contributed by atoms with Crippen LogP contribution in [0.3, 0.4) is 0 Å². The average molecular weight is 405 g/mol. The van der Waals surface area contributed by atoms with Gasteiger partial charge in [0.15, 0.2) is 0 Å². The van der Waals surface area contributed by atoms with Gasteiger partial charge in [-0.25, -0.2) is 4.79 Å². The van der Waals surface area contributed by atoms with Crippen molar-refractivity contribution in [1.29, 1.82) is 0 Å². The third-order valence-electron chi connectivity index (χ3n) is 7.16. The largest absolute Gasteiger partial charge is 0.464 e. The van der Waals surface area contributed by atoms with E-state index < -0.39 is 0 Å². The molecule has 0 saturated carbocycles. The fraction of sp³-hybridized carbons (Fsp3) is 0.458. The molecule has 5 nitrogen and oxygen atoms in total. The highest BCUT2D eigenvalue weighted by atomic mass is 16.7. The van der Waals surface area contributed by atoms with Crippen molar-refractivity contribution in [1.82, 2.24) is 4.90 Å². The molecular weight excluding hydrogens is 377 g/mol. The minimum atomic E-state index is -0.345. The number of fused-ring (bicyclic) bond motifs is 3. The van der Waals surface area contributed by atoms with Gasteiger partial charge in [-0.15, -0.1) is 0 Å². The predicted molar refractivity (Wildman–Crippen MR) is 116 cm³/mol. The molecule has 2 heterocycles. The lowest BCUT2D eigenvalue weighted by Gasteiger charge is -2.39. The van der Waals surface area contributed by atoms with E-state index in [0.29, 0.717) is 19.7 Å². The number of rotatable bonds is 3. The maximum absolute atomic E-state index is 12.6. The van der Waals surface area contributed by atoms with Crippen LogP contribution in [-0.2, 0) is 14.0 Å². The van der Waals surface area contributed by atoms with Gasteiger partial charge in [0.05, 0.1) is 11.2 Å². The molecular formula is C24H28BNO4. The zero-order valence-corrected chi connectivity index (χ0v) is 18.1. The van der Waals surface area contributed by atoms with Crippen LogP contribution in [0.15, 0.2) is 48.5 Å². The van der Waals surface area contributed by atoms with Crippen LogP contribution < -0.4 is 0 Å². The monoisotopic (exact) mass is 405 g/mol. The van der Waals surface area contributed by atoms with Crippen LogP contribution in [0.2, 0.25) is 5.82 Å². The van der Waals surface area contributed by atoms with Gasteiger partial charge in [-0.2, -0.15) is 0 Å². The van der Waals surface area contributed by atoms with Crippen molar-refractivity contribution < 1.29 is 18.8 Å². The number of carbonyl (C=O) groups excluding carboxylic acids is 1. The first-order chi connectivity index (χ1) is 14.3. The highest BCUT2D eigenvalue weighted by Crippen LogP contribution is 2.45. The fourth-order valence-electron chi connectivity index (χ4n) is 4.60. The molecule has 0 aromatic heterocycles. The van der Waals surface area contributed by atoms with Gasteiger partial charge < -0.3 is 18.9 Å². The van der Waals surface area contributed by atoms with Gasteiger partial charge in [-0.3, -0.25) is 0 Å². The minimum absolute atomic E-state index is 0.0847. The molecule has 2 aromatic carbocycles. The van der Waals surface area contributed by atoms with Crippen molar-refractivity contribution in [3.63, 3.8) is 0 Å². The van der Waals surface area contributed by atoms with Crippen LogP contribution in [0.4, 0.5) is 4.79 Å². The van der Waals surface area contributed by atoms with Crippen molar-refractivity contribution in [2.24, 2.45) is 0 Å². The number of carbonyl (C=O) groups is 1. The van der Waals surface area contributed by atoms with E-state index in [-0.39, 0.29) is 36.1 Å². The van der Waals surface area contributed by atoms with Crippen LogP contribution in [0, 0.1) is 0 Å². The number of nitrogens with zero attached hydrogens (tertiary/aromatic N) is 1. The molecule has 30 heavy (non-hydrogen) atoms. The van der Waals surface area contributed by atoms with Crippen LogP contribution in [-0.4, -0.2) is 49.0 Å². The van der Waals surface area contributed by atoms with Crippen molar-refractivity contribution in [2.75, 3.05) is 19.7 Å². The first-order valence-corrected chi connectivity index (χ1v) is 10.7. The van der Waals surface area contributed by atoms with E-state index in [0.717, 1.165) is 0 Å². The second-order valence-electron chi connectivity index (χ2n) is 9.59. The second kappa shape index (κ2) is 6.86. The maximum Gasteiger partial charge on any atom is 0.464 e. The zero-order chi connectivity index (χ0) is 21.1. The van der Waals surface area contributed by atoms with Crippen molar-refractivity contribution in [3.8, 4) is 11.1 Å².